The minimum Gasteiger partial charge on any atom is -0.495 e. The van der Waals surface area contributed by atoms with E-state index in [4.69, 9.17) is 16.3 Å². The lowest BCUT2D eigenvalue weighted by atomic mass is 10.1. The maximum absolute atomic E-state index is 12.1. The third kappa shape index (κ3) is 4.28. The summed E-state index contributed by atoms with van der Waals surface area (Å²) in [5.74, 6) is 1.10. The van der Waals surface area contributed by atoms with Crippen molar-refractivity contribution in [3.63, 3.8) is 0 Å². The highest BCUT2D eigenvalue weighted by Gasteiger charge is 2.19. The quantitative estimate of drug-likeness (QED) is 0.820. The molecule has 1 aliphatic rings. The summed E-state index contributed by atoms with van der Waals surface area (Å²) in [5.41, 5.74) is 3.66. The van der Waals surface area contributed by atoms with Gasteiger partial charge < -0.3 is 10.1 Å². The number of rotatable bonds is 5. The molecule has 0 radical (unpaired) electrons. The fourth-order valence-electron chi connectivity index (χ4n) is 2.70. The Balaban J connectivity index is 1.72. The van der Waals surface area contributed by atoms with Crippen molar-refractivity contribution in [1.29, 1.82) is 0 Å². The van der Waals surface area contributed by atoms with Crippen LogP contribution in [0, 0.1) is 6.92 Å². The number of carbonyl (C=O) groups excluding carboxylic acids is 1. The Labute approximate surface area is 152 Å². The van der Waals surface area contributed by atoms with Crippen molar-refractivity contribution in [3.05, 3.63) is 69.9 Å². The maximum Gasteiger partial charge on any atom is 0.275 e. The van der Waals surface area contributed by atoms with Crippen LogP contribution in [-0.4, -0.2) is 18.9 Å². The van der Waals surface area contributed by atoms with E-state index in [1.165, 1.54) is 11.1 Å². The number of benzene rings is 2. The van der Waals surface area contributed by atoms with Gasteiger partial charge in [0.15, 0.2) is 0 Å². The highest BCUT2D eigenvalue weighted by molar-refractivity contribution is 6.32. The Morgan fingerprint density at radius 1 is 1.20 bits per heavy atom. The molecule has 0 aliphatic carbocycles. The van der Waals surface area contributed by atoms with Crippen molar-refractivity contribution in [2.75, 3.05) is 7.11 Å². The molecule has 1 amide bonds. The highest BCUT2D eigenvalue weighted by atomic mass is 35.5. The molecule has 1 aliphatic heterocycles. The van der Waals surface area contributed by atoms with Crippen molar-refractivity contribution in [2.45, 2.75) is 19.8 Å². The molecule has 0 bridgehead atoms. The van der Waals surface area contributed by atoms with Crippen molar-refractivity contribution in [2.24, 2.45) is 4.99 Å². The van der Waals surface area contributed by atoms with Crippen LogP contribution < -0.4 is 10.1 Å². The van der Waals surface area contributed by atoms with Crippen molar-refractivity contribution < 1.29 is 9.53 Å². The smallest absolute Gasteiger partial charge is 0.275 e. The first-order valence-electron chi connectivity index (χ1n) is 8.05. The van der Waals surface area contributed by atoms with E-state index in [-0.39, 0.29) is 5.91 Å². The number of hydrogen-bond donors (Lipinski definition) is 1. The number of halogens is 1. The molecule has 2 aromatic carbocycles. The molecule has 0 spiro atoms. The average molecular weight is 355 g/mol. The molecular formula is C20H19ClN2O2. The van der Waals surface area contributed by atoms with E-state index in [0.717, 1.165) is 12.0 Å². The van der Waals surface area contributed by atoms with Gasteiger partial charge >= 0.3 is 0 Å². The summed E-state index contributed by atoms with van der Waals surface area (Å²) in [6.45, 7) is 2.07. The largest absolute Gasteiger partial charge is 0.495 e. The number of aryl methyl sites for hydroxylation is 2. The van der Waals surface area contributed by atoms with Gasteiger partial charge in [-0.3, -0.25) is 4.79 Å². The molecule has 0 unspecified atom stereocenters. The van der Waals surface area contributed by atoms with Crippen LogP contribution in [0.1, 0.15) is 23.1 Å². The van der Waals surface area contributed by atoms with Crippen molar-refractivity contribution >= 4 is 29.4 Å². The fourth-order valence-corrected chi connectivity index (χ4v) is 2.96. The third-order valence-electron chi connectivity index (χ3n) is 3.96. The topological polar surface area (TPSA) is 50.7 Å². The van der Waals surface area contributed by atoms with E-state index in [1.54, 1.807) is 25.3 Å². The zero-order valence-electron chi connectivity index (χ0n) is 14.2. The van der Waals surface area contributed by atoms with Crippen LogP contribution >= 0.6 is 11.6 Å². The van der Waals surface area contributed by atoms with E-state index in [9.17, 15) is 4.79 Å². The molecule has 0 fully saturated rings. The lowest BCUT2D eigenvalue weighted by Crippen LogP contribution is -2.24. The second-order valence-electron chi connectivity index (χ2n) is 5.93. The molecule has 4 nitrogen and oxygen atoms in total. The summed E-state index contributed by atoms with van der Waals surface area (Å²) in [4.78, 5) is 16.5. The third-order valence-corrected chi connectivity index (χ3v) is 4.25. The number of methoxy groups -OCH3 is 1. The summed E-state index contributed by atoms with van der Waals surface area (Å²) in [6, 6.07) is 13.7. The maximum atomic E-state index is 12.1. The van der Waals surface area contributed by atoms with Gasteiger partial charge in [-0.2, -0.15) is 0 Å². The van der Waals surface area contributed by atoms with E-state index in [1.807, 2.05) is 12.1 Å². The van der Waals surface area contributed by atoms with Gasteiger partial charge in [0.1, 0.15) is 17.3 Å². The van der Waals surface area contributed by atoms with E-state index in [0.29, 0.717) is 28.7 Å². The van der Waals surface area contributed by atoms with Gasteiger partial charge in [-0.1, -0.05) is 47.5 Å². The second-order valence-corrected chi connectivity index (χ2v) is 6.33. The normalized spacial score (nSPS) is 15.2. The van der Waals surface area contributed by atoms with Gasteiger partial charge in [-0.25, -0.2) is 4.99 Å². The molecule has 1 N–H and O–H groups in total. The van der Waals surface area contributed by atoms with Crippen molar-refractivity contribution in [1.82, 2.24) is 5.32 Å². The molecule has 1 heterocycles. The predicted molar refractivity (Wildman–Crippen MR) is 101 cm³/mol. The average Bonchev–Trinajstić information content (AvgIpc) is 2.93. The number of nitrogens with zero attached hydrogens (tertiary/aromatic N) is 1. The summed E-state index contributed by atoms with van der Waals surface area (Å²) in [7, 11) is 1.56. The highest BCUT2D eigenvalue weighted by Crippen LogP contribution is 2.26. The zero-order valence-corrected chi connectivity index (χ0v) is 14.9. The fraction of sp³-hybridized carbons (Fsp3) is 0.200. The van der Waals surface area contributed by atoms with Crippen LogP contribution in [-0.2, 0) is 11.2 Å². The lowest BCUT2D eigenvalue weighted by Gasteiger charge is -2.03. The predicted octanol–water partition coefficient (Wildman–Crippen LogP) is 4.16. The molecule has 0 saturated carbocycles. The number of amidine groups is 1. The molecular weight excluding hydrogens is 336 g/mol. The van der Waals surface area contributed by atoms with E-state index in [2.05, 4.69) is 35.4 Å². The monoisotopic (exact) mass is 354 g/mol. The molecule has 25 heavy (non-hydrogen) atoms. The minimum atomic E-state index is -0.189. The summed E-state index contributed by atoms with van der Waals surface area (Å²) in [5, 5.41) is 3.33. The second kappa shape index (κ2) is 7.53. The number of aliphatic imine (C=N–C) groups is 1. The lowest BCUT2D eigenvalue weighted by molar-refractivity contribution is -0.115. The summed E-state index contributed by atoms with van der Waals surface area (Å²) < 4.78 is 5.13. The Hall–Kier alpha value is -2.59. The van der Waals surface area contributed by atoms with Gasteiger partial charge in [0.05, 0.1) is 12.1 Å². The number of hydrogen-bond acceptors (Lipinski definition) is 3. The first-order valence-corrected chi connectivity index (χ1v) is 8.42. The summed E-state index contributed by atoms with van der Waals surface area (Å²) >= 11 is 6.12. The van der Waals surface area contributed by atoms with Crippen LogP contribution in [0.4, 0.5) is 0 Å². The van der Waals surface area contributed by atoms with Gasteiger partial charge in [-0.15, -0.1) is 0 Å². The van der Waals surface area contributed by atoms with Crippen LogP contribution in [0.5, 0.6) is 5.75 Å². The Morgan fingerprint density at radius 2 is 2.04 bits per heavy atom. The van der Waals surface area contributed by atoms with Crippen molar-refractivity contribution in [3.8, 4) is 5.75 Å². The molecule has 0 atom stereocenters. The molecule has 5 heteroatoms. The summed E-state index contributed by atoms with van der Waals surface area (Å²) in [6.07, 6.45) is 3.25. The van der Waals surface area contributed by atoms with Crippen LogP contribution in [0.2, 0.25) is 5.02 Å². The van der Waals surface area contributed by atoms with Gasteiger partial charge in [0.25, 0.3) is 5.91 Å². The molecule has 0 saturated heterocycles. The Bertz CT molecular complexity index is 872. The van der Waals surface area contributed by atoms with Crippen LogP contribution in [0.25, 0.3) is 6.08 Å². The first kappa shape index (κ1) is 17.2. The number of carbonyl (C=O) groups is 1. The Kier molecular flexibility index (Phi) is 5.19. The van der Waals surface area contributed by atoms with Crippen LogP contribution in [0.3, 0.4) is 0 Å². The Morgan fingerprint density at radius 3 is 2.76 bits per heavy atom. The van der Waals surface area contributed by atoms with E-state index >= 15 is 0 Å². The molecule has 2 aromatic rings. The van der Waals surface area contributed by atoms with Crippen LogP contribution in [0.15, 0.2) is 53.2 Å². The van der Waals surface area contributed by atoms with Gasteiger partial charge in [-0.05, 0) is 42.7 Å². The number of nitrogens with one attached hydrogen (secondary N) is 1. The van der Waals surface area contributed by atoms with E-state index < -0.39 is 0 Å². The molecule has 3 rings (SSSR count). The molecule has 0 aromatic heterocycles. The minimum absolute atomic E-state index is 0.189. The standard InChI is InChI=1S/C20H19ClN2O2/c1-13-4-3-5-14(10-13)7-9-19-22-17(20(24)23-19)12-15-6-8-18(25-2)16(21)11-15/h3-6,8,10-12H,7,9H2,1-2H3,(H,22,23,24)/b17-12+. The molecule has 128 valence electrons. The zero-order chi connectivity index (χ0) is 17.8. The van der Waals surface area contributed by atoms with Gasteiger partial charge in [0.2, 0.25) is 0 Å². The number of amides is 1. The first-order chi connectivity index (χ1) is 12.0. The van der Waals surface area contributed by atoms with Gasteiger partial charge in [0, 0.05) is 6.42 Å². The SMILES string of the molecule is COc1ccc(/C=C2/N=C(CCc3cccc(C)c3)NC2=O)cc1Cl. The number of ether oxygens (including phenoxy) is 1.